The first kappa shape index (κ1) is 9.06. The van der Waals surface area contributed by atoms with E-state index in [-0.39, 0.29) is 6.04 Å². The van der Waals surface area contributed by atoms with Gasteiger partial charge in [0.15, 0.2) is 0 Å². The fourth-order valence-electron chi connectivity index (χ4n) is 2.02. The number of amides is 2. The molecule has 1 aromatic rings. The second kappa shape index (κ2) is 3.70. The Morgan fingerprint density at radius 3 is 2.79 bits per heavy atom. The lowest BCUT2D eigenvalue weighted by molar-refractivity contribution is 0.244. The largest absolute Gasteiger partial charge is 0.352 e. The Bertz CT molecular complexity index is 349. The van der Waals surface area contributed by atoms with E-state index in [1.54, 1.807) is 0 Å². The summed E-state index contributed by atoms with van der Waals surface area (Å²) in [6.45, 7) is 0. The van der Waals surface area contributed by atoms with Crippen LogP contribution in [0.1, 0.15) is 17.5 Å². The molecular weight excluding hydrogens is 176 g/mol. The molecule has 3 heteroatoms. The minimum absolute atomic E-state index is 0.211. The van der Waals surface area contributed by atoms with Crippen LogP contribution in [0.5, 0.6) is 0 Å². The summed E-state index contributed by atoms with van der Waals surface area (Å²) < 4.78 is 0. The van der Waals surface area contributed by atoms with Crippen molar-refractivity contribution in [1.82, 2.24) is 5.32 Å². The van der Waals surface area contributed by atoms with Crippen LogP contribution in [0, 0.1) is 0 Å². The molecule has 1 atom stereocenters. The van der Waals surface area contributed by atoms with Crippen molar-refractivity contribution in [1.29, 1.82) is 0 Å². The van der Waals surface area contributed by atoms with Gasteiger partial charge in [-0.1, -0.05) is 24.3 Å². The smallest absolute Gasteiger partial charge is 0.312 e. The number of hydrogen-bond donors (Lipinski definition) is 2. The summed E-state index contributed by atoms with van der Waals surface area (Å²) in [5.74, 6) is 0. The Balaban J connectivity index is 2.09. The Morgan fingerprint density at radius 1 is 1.36 bits per heavy atom. The Hall–Kier alpha value is -1.51. The average molecular weight is 190 g/mol. The lowest BCUT2D eigenvalue weighted by Gasteiger charge is -2.24. The molecule has 3 N–H and O–H groups in total. The third kappa shape index (κ3) is 1.87. The molecule has 1 aliphatic carbocycles. The van der Waals surface area contributed by atoms with Crippen molar-refractivity contribution in [2.24, 2.45) is 5.73 Å². The van der Waals surface area contributed by atoms with Gasteiger partial charge in [0.2, 0.25) is 0 Å². The van der Waals surface area contributed by atoms with Gasteiger partial charge in [-0.3, -0.25) is 0 Å². The van der Waals surface area contributed by atoms with Crippen LogP contribution in [-0.2, 0) is 12.8 Å². The van der Waals surface area contributed by atoms with E-state index in [4.69, 9.17) is 5.73 Å². The van der Waals surface area contributed by atoms with E-state index in [0.29, 0.717) is 0 Å². The summed E-state index contributed by atoms with van der Waals surface area (Å²) in [7, 11) is 0. The van der Waals surface area contributed by atoms with E-state index in [0.717, 1.165) is 19.3 Å². The molecule has 1 unspecified atom stereocenters. The number of urea groups is 1. The van der Waals surface area contributed by atoms with Crippen molar-refractivity contribution >= 4 is 6.03 Å². The SMILES string of the molecule is NC(=O)NC1CCc2ccccc2C1. The van der Waals surface area contributed by atoms with Gasteiger partial charge in [0.1, 0.15) is 0 Å². The van der Waals surface area contributed by atoms with Crippen LogP contribution in [0.2, 0.25) is 0 Å². The van der Waals surface area contributed by atoms with Gasteiger partial charge in [0, 0.05) is 6.04 Å². The number of benzene rings is 1. The molecule has 2 rings (SSSR count). The number of aryl methyl sites for hydroxylation is 1. The number of fused-ring (bicyclic) bond motifs is 1. The number of primary amides is 1. The molecule has 1 aromatic carbocycles. The second-order valence-electron chi connectivity index (χ2n) is 3.72. The number of hydrogen-bond acceptors (Lipinski definition) is 1. The lowest BCUT2D eigenvalue weighted by Crippen LogP contribution is -2.41. The normalized spacial score (nSPS) is 19.9. The van der Waals surface area contributed by atoms with Gasteiger partial charge in [-0.05, 0) is 30.4 Å². The predicted octanol–water partition coefficient (Wildman–Crippen LogP) is 1.21. The third-order valence-electron chi connectivity index (χ3n) is 2.69. The topological polar surface area (TPSA) is 55.1 Å². The second-order valence-corrected chi connectivity index (χ2v) is 3.72. The molecule has 0 aliphatic heterocycles. The van der Waals surface area contributed by atoms with Crippen molar-refractivity contribution in [3.8, 4) is 0 Å². The maximum absolute atomic E-state index is 10.7. The lowest BCUT2D eigenvalue weighted by atomic mass is 9.88. The quantitative estimate of drug-likeness (QED) is 0.687. The monoisotopic (exact) mass is 190 g/mol. The van der Waals surface area contributed by atoms with Crippen molar-refractivity contribution < 1.29 is 4.79 Å². The van der Waals surface area contributed by atoms with Crippen LogP contribution < -0.4 is 11.1 Å². The highest BCUT2D eigenvalue weighted by atomic mass is 16.2. The van der Waals surface area contributed by atoms with Gasteiger partial charge < -0.3 is 11.1 Å². The number of nitrogens with two attached hydrogens (primary N) is 1. The minimum atomic E-state index is -0.422. The molecule has 74 valence electrons. The zero-order valence-corrected chi connectivity index (χ0v) is 7.99. The average Bonchev–Trinajstić information content (AvgIpc) is 2.17. The first-order valence-corrected chi connectivity index (χ1v) is 4.88. The predicted molar refractivity (Wildman–Crippen MR) is 55.0 cm³/mol. The van der Waals surface area contributed by atoms with Crippen molar-refractivity contribution in [3.63, 3.8) is 0 Å². The maximum atomic E-state index is 10.7. The molecule has 0 bridgehead atoms. The Labute approximate surface area is 83.3 Å². The third-order valence-corrected chi connectivity index (χ3v) is 2.69. The van der Waals surface area contributed by atoms with Crippen molar-refractivity contribution in [2.45, 2.75) is 25.3 Å². The van der Waals surface area contributed by atoms with Gasteiger partial charge in [-0.2, -0.15) is 0 Å². The van der Waals surface area contributed by atoms with Gasteiger partial charge in [0.25, 0.3) is 0 Å². The van der Waals surface area contributed by atoms with Crippen LogP contribution in [0.15, 0.2) is 24.3 Å². The first-order chi connectivity index (χ1) is 6.75. The summed E-state index contributed by atoms with van der Waals surface area (Å²) in [5.41, 5.74) is 7.82. The van der Waals surface area contributed by atoms with E-state index in [9.17, 15) is 4.79 Å². The molecule has 2 amide bonds. The molecule has 0 spiro atoms. The summed E-state index contributed by atoms with van der Waals surface area (Å²) in [5, 5.41) is 2.76. The molecule has 14 heavy (non-hydrogen) atoms. The maximum Gasteiger partial charge on any atom is 0.312 e. The minimum Gasteiger partial charge on any atom is -0.352 e. The highest BCUT2D eigenvalue weighted by molar-refractivity contribution is 5.72. The Morgan fingerprint density at radius 2 is 2.07 bits per heavy atom. The molecule has 0 fully saturated rings. The fourth-order valence-corrected chi connectivity index (χ4v) is 2.02. The van der Waals surface area contributed by atoms with Gasteiger partial charge in [-0.15, -0.1) is 0 Å². The molecule has 3 nitrogen and oxygen atoms in total. The zero-order valence-electron chi connectivity index (χ0n) is 7.99. The Kier molecular flexibility index (Phi) is 2.39. The van der Waals surface area contributed by atoms with Crippen molar-refractivity contribution in [3.05, 3.63) is 35.4 Å². The van der Waals surface area contributed by atoms with E-state index in [2.05, 4.69) is 23.5 Å². The molecule has 0 aromatic heterocycles. The van der Waals surface area contributed by atoms with Gasteiger partial charge in [-0.25, -0.2) is 4.79 Å². The highest BCUT2D eigenvalue weighted by Crippen LogP contribution is 2.20. The summed E-state index contributed by atoms with van der Waals surface area (Å²) >= 11 is 0. The van der Waals surface area contributed by atoms with E-state index in [1.807, 2.05) is 6.07 Å². The molecule has 0 saturated carbocycles. The highest BCUT2D eigenvalue weighted by Gasteiger charge is 2.18. The molecule has 1 aliphatic rings. The van der Waals surface area contributed by atoms with Crippen LogP contribution in [-0.4, -0.2) is 12.1 Å². The van der Waals surface area contributed by atoms with E-state index < -0.39 is 6.03 Å². The van der Waals surface area contributed by atoms with Crippen LogP contribution >= 0.6 is 0 Å². The van der Waals surface area contributed by atoms with E-state index in [1.165, 1.54) is 11.1 Å². The van der Waals surface area contributed by atoms with Crippen LogP contribution in [0.25, 0.3) is 0 Å². The van der Waals surface area contributed by atoms with Crippen molar-refractivity contribution in [2.75, 3.05) is 0 Å². The molecule has 0 radical (unpaired) electrons. The molecular formula is C11H14N2O. The van der Waals surface area contributed by atoms with Crippen LogP contribution in [0.3, 0.4) is 0 Å². The van der Waals surface area contributed by atoms with Gasteiger partial charge >= 0.3 is 6.03 Å². The zero-order chi connectivity index (χ0) is 9.97. The standard InChI is InChI=1S/C11H14N2O/c12-11(14)13-10-6-5-8-3-1-2-4-9(8)7-10/h1-4,10H,5-7H2,(H3,12,13,14). The molecule has 0 saturated heterocycles. The number of carbonyl (C=O) groups excluding carboxylic acids is 1. The molecule has 0 heterocycles. The summed E-state index contributed by atoms with van der Waals surface area (Å²) in [4.78, 5) is 10.7. The van der Waals surface area contributed by atoms with Gasteiger partial charge in [0.05, 0.1) is 0 Å². The van der Waals surface area contributed by atoms with E-state index >= 15 is 0 Å². The fraction of sp³-hybridized carbons (Fsp3) is 0.364. The summed E-state index contributed by atoms with van der Waals surface area (Å²) in [6.07, 6.45) is 2.92. The first-order valence-electron chi connectivity index (χ1n) is 4.88. The van der Waals surface area contributed by atoms with Crippen LogP contribution in [0.4, 0.5) is 4.79 Å². The number of rotatable bonds is 1. The number of carbonyl (C=O) groups is 1. The number of nitrogens with one attached hydrogen (secondary N) is 1. The summed E-state index contributed by atoms with van der Waals surface area (Å²) in [6, 6.07) is 8.14.